The lowest BCUT2D eigenvalue weighted by molar-refractivity contribution is -0.254. The Balaban J connectivity index is 2.06. The van der Waals surface area contributed by atoms with Gasteiger partial charge in [0, 0.05) is 12.0 Å². The Morgan fingerprint density at radius 3 is 2.52 bits per heavy atom. The molecular formula is C16H29NO4. The van der Waals surface area contributed by atoms with Crippen molar-refractivity contribution in [2.45, 2.75) is 76.4 Å². The number of carbonyl (C=O) groups is 1. The number of hydrogen-bond acceptors (Lipinski definition) is 4. The van der Waals surface area contributed by atoms with Crippen molar-refractivity contribution in [3.05, 3.63) is 0 Å². The summed E-state index contributed by atoms with van der Waals surface area (Å²) < 4.78 is 12.2. The fourth-order valence-corrected chi connectivity index (χ4v) is 3.63. The van der Waals surface area contributed by atoms with E-state index in [0.717, 1.165) is 19.3 Å². The molecule has 0 amide bonds. The molecule has 0 spiro atoms. The number of nitrogens with zero attached hydrogens (tertiary/aromatic N) is 1. The van der Waals surface area contributed by atoms with Gasteiger partial charge in [0.15, 0.2) is 6.29 Å². The lowest BCUT2D eigenvalue weighted by atomic mass is 9.87. The molecule has 4 atom stereocenters. The van der Waals surface area contributed by atoms with Crippen molar-refractivity contribution in [3.8, 4) is 0 Å². The highest BCUT2D eigenvalue weighted by atomic mass is 16.7. The third-order valence-electron chi connectivity index (χ3n) is 4.74. The Morgan fingerprint density at radius 1 is 1.29 bits per heavy atom. The van der Waals surface area contributed by atoms with E-state index < -0.39 is 5.97 Å². The number of rotatable bonds is 5. The molecule has 0 aromatic carbocycles. The third kappa shape index (κ3) is 4.66. The van der Waals surface area contributed by atoms with Crippen molar-refractivity contribution < 1.29 is 19.4 Å². The minimum atomic E-state index is -0.776. The molecule has 2 rings (SSSR count). The minimum absolute atomic E-state index is 0.101. The van der Waals surface area contributed by atoms with E-state index in [9.17, 15) is 9.90 Å². The normalized spacial score (nSPS) is 35.0. The summed E-state index contributed by atoms with van der Waals surface area (Å²) in [7, 11) is 4.02. The average Bonchev–Trinajstić information content (AvgIpc) is 2.42. The zero-order chi connectivity index (χ0) is 15.4. The van der Waals surface area contributed by atoms with Gasteiger partial charge in [-0.15, -0.1) is 0 Å². The van der Waals surface area contributed by atoms with Crippen molar-refractivity contribution in [3.63, 3.8) is 0 Å². The zero-order valence-corrected chi connectivity index (χ0v) is 13.5. The van der Waals surface area contributed by atoms with Gasteiger partial charge < -0.3 is 19.5 Å². The van der Waals surface area contributed by atoms with Crippen molar-refractivity contribution in [2.24, 2.45) is 5.92 Å². The maximum absolute atomic E-state index is 11.2. The zero-order valence-electron chi connectivity index (χ0n) is 13.5. The predicted molar refractivity (Wildman–Crippen MR) is 80.1 cm³/mol. The summed E-state index contributed by atoms with van der Waals surface area (Å²) in [6, 6.07) is 0.193. The van der Waals surface area contributed by atoms with E-state index in [0.29, 0.717) is 0 Å². The smallest absolute Gasteiger partial charge is 0.303 e. The van der Waals surface area contributed by atoms with Crippen molar-refractivity contribution >= 4 is 5.97 Å². The lowest BCUT2D eigenvalue weighted by Crippen LogP contribution is -2.52. The van der Waals surface area contributed by atoms with Crippen LogP contribution in [0, 0.1) is 5.92 Å². The van der Waals surface area contributed by atoms with Gasteiger partial charge >= 0.3 is 5.97 Å². The fourth-order valence-electron chi connectivity index (χ4n) is 3.63. The van der Waals surface area contributed by atoms with Crippen LogP contribution < -0.4 is 0 Å². The largest absolute Gasteiger partial charge is 0.481 e. The summed E-state index contributed by atoms with van der Waals surface area (Å²) in [4.78, 5) is 13.3. The van der Waals surface area contributed by atoms with Gasteiger partial charge in [-0.3, -0.25) is 4.79 Å². The fraction of sp³-hybridized carbons (Fsp3) is 0.938. The molecule has 0 aromatic rings. The summed E-state index contributed by atoms with van der Waals surface area (Å²) >= 11 is 0. The molecule has 0 radical (unpaired) electrons. The molecular weight excluding hydrogens is 270 g/mol. The van der Waals surface area contributed by atoms with Crippen LogP contribution in [0.5, 0.6) is 0 Å². The highest BCUT2D eigenvalue weighted by Gasteiger charge is 2.41. The van der Waals surface area contributed by atoms with Crippen molar-refractivity contribution in [1.29, 1.82) is 0 Å². The second-order valence-electron chi connectivity index (χ2n) is 6.74. The Labute approximate surface area is 127 Å². The maximum atomic E-state index is 11.2. The van der Waals surface area contributed by atoms with E-state index >= 15 is 0 Å². The first-order valence-electron chi connectivity index (χ1n) is 8.16. The van der Waals surface area contributed by atoms with Crippen LogP contribution in [0.2, 0.25) is 0 Å². The molecule has 1 aliphatic heterocycles. The van der Waals surface area contributed by atoms with E-state index in [2.05, 4.69) is 4.90 Å². The third-order valence-corrected chi connectivity index (χ3v) is 4.74. The molecule has 1 heterocycles. The molecule has 4 unspecified atom stereocenters. The Bertz CT molecular complexity index is 341. The predicted octanol–water partition coefficient (Wildman–Crippen LogP) is 2.49. The van der Waals surface area contributed by atoms with Crippen LogP contribution in [-0.2, 0) is 14.3 Å². The molecule has 122 valence electrons. The Kier molecular flexibility index (Phi) is 6.02. The topological polar surface area (TPSA) is 59.0 Å². The van der Waals surface area contributed by atoms with Gasteiger partial charge in [-0.1, -0.05) is 19.3 Å². The standard InChI is InChI=1S/C16H29NO4/c1-11-9-14(17(2)3)13(10-15(18)19)16(20-11)21-12-7-5-4-6-8-12/h11-14,16H,4-10H2,1-3H3,(H,18,19). The molecule has 5 nitrogen and oxygen atoms in total. The molecule has 1 saturated carbocycles. The molecule has 2 fully saturated rings. The van der Waals surface area contributed by atoms with Gasteiger partial charge in [0.2, 0.25) is 0 Å². The molecule has 1 saturated heterocycles. The molecule has 0 bridgehead atoms. The number of aliphatic carboxylic acids is 1. The van der Waals surface area contributed by atoms with Crippen LogP contribution in [0.25, 0.3) is 0 Å². The lowest BCUT2D eigenvalue weighted by Gasteiger charge is -2.44. The van der Waals surface area contributed by atoms with Crippen LogP contribution in [0.3, 0.4) is 0 Å². The first-order chi connectivity index (χ1) is 9.97. The van der Waals surface area contributed by atoms with E-state index in [1.807, 2.05) is 21.0 Å². The first kappa shape index (κ1) is 16.7. The van der Waals surface area contributed by atoms with Crippen LogP contribution in [0.1, 0.15) is 51.9 Å². The van der Waals surface area contributed by atoms with Gasteiger partial charge in [-0.25, -0.2) is 0 Å². The molecule has 5 heteroatoms. The van der Waals surface area contributed by atoms with Gasteiger partial charge in [0.25, 0.3) is 0 Å². The summed E-state index contributed by atoms with van der Waals surface area (Å²) in [5.41, 5.74) is 0. The quantitative estimate of drug-likeness (QED) is 0.845. The van der Waals surface area contributed by atoms with Gasteiger partial charge in [-0.05, 0) is 40.3 Å². The highest BCUT2D eigenvalue weighted by Crippen LogP contribution is 2.34. The SMILES string of the molecule is CC1CC(N(C)C)C(CC(=O)O)C(OC2CCCCC2)O1. The molecule has 1 N–H and O–H groups in total. The Morgan fingerprint density at radius 2 is 1.95 bits per heavy atom. The molecule has 2 aliphatic rings. The highest BCUT2D eigenvalue weighted by molar-refractivity contribution is 5.67. The van der Waals surface area contributed by atoms with E-state index in [4.69, 9.17) is 9.47 Å². The summed E-state index contributed by atoms with van der Waals surface area (Å²) in [6.07, 6.45) is 6.73. The second-order valence-corrected chi connectivity index (χ2v) is 6.74. The number of hydrogen-bond donors (Lipinski definition) is 1. The monoisotopic (exact) mass is 299 g/mol. The number of carboxylic acids is 1. The Hall–Kier alpha value is -0.650. The van der Waals surface area contributed by atoms with Gasteiger partial charge in [0.1, 0.15) is 0 Å². The van der Waals surface area contributed by atoms with Crippen molar-refractivity contribution in [2.75, 3.05) is 14.1 Å². The van der Waals surface area contributed by atoms with Crippen LogP contribution in [0.15, 0.2) is 0 Å². The van der Waals surface area contributed by atoms with E-state index in [-0.39, 0.29) is 36.9 Å². The summed E-state index contributed by atoms with van der Waals surface area (Å²) in [6.45, 7) is 2.05. The number of carboxylic acid groups (broad SMARTS) is 1. The van der Waals surface area contributed by atoms with E-state index in [1.54, 1.807) is 0 Å². The van der Waals surface area contributed by atoms with Crippen LogP contribution in [-0.4, -0.2) is 54.6 Å². The summed E-state index contributed by atoms with van der Waals surface area (Å²) in [5, 5.41) is 9.23. The van der Waals surface area contributed by atoms with Gasteiger partial charge in [-0.2, -0.15) is 0 Å². The molecule has 1 aliphatic carbocycles. The van der Waals surface area contributed by atoms with Crippen molar-refractivity contribution in [1.82, 2.24) is 4.90 Å². The van der Waals surface area contributed by atoms with Gasteiger partial charge in [0.05, 0.1) is 18.6 Å². The first-order valence-corrected chi connectivity index (χ1v) is 8.16. The second kappa shape index (κ2) is 7.56. The van der Waals surface area contributed by atoms with Crippen LogP contribution in [0.4, 0.5) is 0 Å². The molecule has 0 aromatic heterocycles. The van der Waals surface area contributed by atoms with Crippen LogP contribution >= 0.6 is 0 Å². The minimum Gasteiger partial charge on any atom is -0.481 e. The molecule has 21 heavy (non-hydrogen) atoms. The summed E-state index contributed by atoms with van der Waals surface area (Å²) in [5.74, 6) is -0.877. The maximum Gasteiger partial charge on any atom is 0.303 e. The number of ether oxygens (including phenoxy) is 2. The average molecular weight is 299 g/mol. The van der Waals surface area contributed by atoms with E-state index in [1.165, 1.54) is 19.3 Å².